The summed E-state index contributed by atoms with van der Waals surface area (Å²) in [6, 6.07) is 3.69. The van der Waals surface area contributed by atoms with Crippen molar-refractivity contribution in [3.8, 4) is 0 Å². The largest absolute Gasteiger partial charge is 0.370 e. The first-order valence-corrected chi connectivity index (χ1v) is 5.00. The Bertz CT molecular complexity index is 423. The predicted octanol–water partition coefficient (Wildman–Crippen LogP) is 0.720. The van der Waals surface area contributed by atoms with E-state index in [2.05, 4.69) is 17.9 Å². The quantitative estimate of drug-likeness (QED) is 0.681. The lowest BCUT2D eigenvalue weighted by atomic mass is 10.2. The van der Waals surface area contributed by atoms with E-state index in [1.165, 1.54) is 12.1 Å². The van der Waals surface area contributed by atoms with Crippen LogP contribution >= 0.6 is 12.6 Å². The van der Waals surface area contributed by atoms with Gasteiger partial charge < -0.3 is 11.1 Å². The maximum Gasteiger partial charge on any atom is 0.252 e. The number of primary amides is 1. The molecule has 1 aromatic carbocycles. The van der Waals surface area contributed by atoms with Crippen molar-refractivity contribution in [1.82, 2.24) is 5.32 Å². The normalized spacial score (nSPS) is 9.88. The molecule has 6 heteroatoms. The summed E-state index contributed by atoms with van der Waals surface area (Å²) in [5.41, 5.74) is 5.04. The monoisotopic (exact) mass is 242 g/mol. The second kappa shape index (κ2) is 5.50. The van der Waals surface area contributed by atoms with Crippen LogP contribution in [0.15, 0.2) is 23.1 Å². The standard InChI is InChI=1S/C10H11FN2O2S/c11-6-1-2-8(16)7(5-6)10(15)13-4-3-9(12)14/h1-2,5,16H,3-4H2,(H2,12,14)(H,13,15). The van der Waals surface area contributed by atoms with E-state index in [-0.39, 0.29) is 18.5 Å². The Labute approximate surface area is 97.4 Å². The van der Waals surface area contributed by atoms with E-state index in [1.54, 1.807) is 0 Å². The summed E-state index contributed by atoms with van der Waals surface area (Å²) in [5.74, 6) is -1.51. The van der Waals surface area contributed by atoms with Crippen LogP contribution in [0.4, 0.5) is 4.39 Å². The van der Waals surface area contributed by atoms with Gasteiger partial charge in [-0.2, -0.15) is 0 Å². The molecule has 0 radical (unpaired) electrons. The minimum atomic E-state index is -0.516. The lowest BCUT2D eigenvalue weighted by Crippen LogP contribution is -2.28. The van der Waals surface area contributed by atoms with E-state index in [0.29, 0.717) is 4.90 Å². The first-order chi connectivity index (χ1) is 7.50. The van der Waals surface area contributed by atoms with E-state index >= 15 is 0 Å². The molecule has 0 aliphatic rings. The molecule has 16 heavy (non-hydrogen) atoms. The van der Waals surface area contributed by atoms with Gasteiger partial charge in [0.05, 0.1) is 5.56 Å². The maximum atomic E-state index is 12.9. The van der Waals surface area contributed by atoms with Crippen LogP contribution in [0.1, 0.15) is 16.8 Å². The number of carbonyl (C=O) groups is 2. The molecule has 0 aromatic heterocycles. The van der Waals surface area contributed by atoms with E-state index in [1.807, 2.05) is 0 Å². The Morgan fingerprint density at radius 2 is 2.12 bits per heavy atom. The van der Waals surface area contributed by atoms with E-state index in [9.17, 15) is 14.0 Å². The van der Waals surface area contributed by atoms with Gasteiger partial charge in [-0.3, -0.25) is 9.59 Å². The summed E-state index contributed by atoms with van der Waals surface area (Å²) in [6.07, 6.45) is 0.0446. The van der Waals surface area contributed by atoms with Gasteiger partial charge in [-0.1, -0.05) is 0 Å². The van der Waals surface area contributed by atoms with Crippen LogP contribution in [-0.4, -0.2) is 18.4 Å². The summed E-state index contributed by atoms with van der Waals surface area (Å²) in [6.45, 7) is 0.123. The lowest BCUT2D eigenvalue weighted by Gasteiger charge is -2.06. The molecule has 0 fully saturated rings. The Hall–Kier alpha value is -1.56. The molecule has 0 heterocycles. The van der Waals surface area contributed by atoms with Crippen molar-refractivity contribution in [2.24, 2.45) is 5.73 Å². The highest BCUT2D eigenvalue weighted by atomic mass is 32.1. The number of carbonyl (C=O) groups excluding carboxylic acids is 2. The van der Waals surface area contributed by atoms with Gasteiger partial charge in [0.2, 0.25) is 5.91 Å². The van der Waals surface area contributed by atoms with Crippen molar-refractivity contribution in [1.29, 1.82) is 0 Å². The van der Waals surface area contributed by atoms with Gasteiger partial charge >= 0.3 is 0 Å². The molecule has 0 unspecified atom stereocenters. The molecule has 0 atom stereocenters. The Morgan fingerprint density at radius 3 is 2.75 bits per heavy atom. The van der Waals surface area contributed by atoms with Crippen LogP contribution in [0.25, 0.3) is 0 Å². The zero-order chi connectivity index (χ0) is 12.1. The maximum absolute atomic E-state index is 12.9. The molecule has 4 nitrogen and oxygen atoms in total. The molecular weight excluding hydrogens is 231 g/mol. The average molecular weight is 242 g/mol. The number of rotatable bonds is 4. The average Bonchev–Trinajstić information content (AvgIpc) is 2.21. The molecule has 0 spiro atoms. The summed E-state index contributed by atoms with van der Waals surface area (Å²) in [7, 11) is 0. The van der Waals surface area contributed by atoms with Crippen molar-refractivity contribution >= 4 is 24.4 Å². The highest BCUT2D eigenvalue weighted by Gasteiger charge is 2.10. The molecular formula is C10H11FN2O2S. The van der Waals surface area contributed by atoms with Crippen molar-refractivity contribution in [3.63, 3.8) is 0 Å². The second-order valence-electron chi connectivity index (χ2n) is 3.13. The molecule has 3 N–H and O–H groups in total. The fourth-order valence-electron chi connectivity index (χ4n) is 1.08. The number of nitrogens with one attached hydrogen (secondary N) is 1. The molecule has 2 amide bonds. The highest BCUT2D eigenvalue weighted by Crippen LogP contribution is 2.14. The number of benzene rings is 1. The van der Waals surface area contributed by atoms with E-state index in [0.717, 1.165) is 6.07 Å². The van der Waals surface area contributed by atoms with Crippen LogP contribution in [0.2, 0.25) is 0 Å². The third-order valence-corrected chi connectivity index (χ3v) is 2.25. The predicted molar refractivity (Wildman–Crippen MR) is 59.8 cm³/mol. The van der Waals surface area contributed by atoms with E-state index in [4.69, 9.17) is 5.73 Å². The lowest BCUT2D eigenvalue weighted by molar-refractivity contribution is -0.117. The third kappa shape index (κ3) is 3.54. The minimum absolute atomic E-state index is 0.0446. The first-order valence-electron chi connectivity index (χ1n) is 4.55. The zero-order valence-electron chi connectivity index (χ0n) is 8.37. The minimum Gasteiger partial charge on any atom is -0.370 e. The van der Waals surface area contributed by atoms with Crippen molar-refractivity contribution in [2.45, 2.75) is 11.3 Å². The summed E-state index contributed by atoms with van der Waals surface area (Å²) in [4.78, 5) is 22.3. The number of hydrogen-bond acceptors (Lipinski definition) is 3. The zero-order valence-corrected chi connectivity index (χ0v) is 9.26. The number of thiol groups is 1. The fraction of sp³-hybridized carbons (Fsp3) is 0.200. The Kier molecular flexibility index (Phi) is 4.30. The Balaban J connectivity index is 2.65. The smallest absolute Gasteiger partial charge is 0.252 e. The van der Waals surface area contributed by atoms with Crippen LogP contribution in [0.3, 0.4) is 0 Å². The number of nitrogens with two attached hydrogens (primary N) is 1. The van der Waals surface area contributed by atoms with Crippen molar-refractivity contribution in [3.05, 3.63) is 29.6 Å². The molecule has 0 saturated heterocycles. The van der Waals surface area contributed by atoms with Crippen molar-refractivity contribution < 1.29 is 14.0 Å². The summed E-state index contributed by atoms with van der Waals surface area (Å²) in [5, 5.41) is 2.44. The number of halogens is 1. The number of amides is 2. The molecule has 0 aliphatic heterocycles. The third-order valence-electron chi connectivity index (χ3n) is 1.86. The Morgan fingerprint density at radius 1 is 1.44 bits per heavy atom. The topological polar surface area (TPSA) is 72.2 Å². The molecule has 86 valence electrons. The van der Waals surface area contributed by atoms with Crippen molar-refractivity contribution in [2.75, 3.05) is 6.54 Å². The van der Waals surface area contributed by atoms with Gasteiger partial charge in [-0.15, -0.1) is 12.6 Å². The van der Waals surface area contributed by atoms with Crippen LogP contribution < -0.4 is 11.1 Å². The van der Waals surface area contributed by atoms with Gasteiger partial charge in [0.25, 0.3) is 5.91 Å². The summed E-state index contributed by atoms with van der Waals surface area (Å²) < 4.78 is 12.9. The van der Waals surface area contributed by atoms with Crippen LogP contribution in [0.5, 0.6) is 0 Å². The molecule has 1 rings (SSSR count). The van der Waals surface area contributed by atoms with Crippen LogP contribution in [-0.2, 0) is 4.79 Å². The summed E-state index contributed by atoms with van der Waals surface area (Å²) >= 11 is 4.03. The first kappa shape index (κ1) is 12.5. The highest BCUT2D eigenvalue weighted by molar-refractivity contribution is 7.80. The molecule has 1 aromatic rings. The molecule has 0 saturated carbocycles. The fourth-order valence-corrected chi connectivity index (χ4v) is 1.33. The number of hydrogen-bond donors (Lipinski definition) is 3. The van der Waals surface area contributed by atoms with Gasteiger partial charge in [0, 0.05) is 17.9 Å². The molecule has 0 bridgehead atoms. The molecule has 0 aliphatic carbocycles. The van der Waals surface area contributed by atoms with Crippen LogP contribution in [0, 0.1) is 5.82 Å². The SMILES string of the molecule is NC(=O)CCNC(=O)c1cc(F)ccc1S. The van der Waals surface area contributed by atoms with E-state index < -0.39 is 17.6 Å². The van der Waals surface area contributed by atoms with Gasteiger partial charge in [0.1, 0.15) is 5.82 Å². The van der Waals surface area contributed by atoms with Gasteiger partial charge in [0.15, 0.2) is 0 Å². The van der Waals surface area contributed by atoms with Gasteiger partial charge in [-0.05, 0) is 18.2 Å². The second-order valence-corrected chi connectivity index (χ2v) is 3.62. The van der Waals surface area contributed by atoms with Gasteiger partial charge in [-0.25, -0.2) is 4.39 Å².